The molecule has 0 bridgehead atoms. The van der Waals surface area contributed by atoms with Gasteiger partial charge in [-0.15, -0.1) is 0 Å². The van der Waals surface area contributed by atoms with Crippen LogP contribution in [0.5, 0.6) is 0 Å². The first-order valence-electron chi connectivity index (χ1n) is 7.78. The van der Waals surface area contributed by atoms with Crippen molar-refractivity contribution in [1.82, 2.24) is 0 Å². The predicted molar refractivity (Wildman–Crippen MR) is 92.0 cm³/mol. The molecule has 2 aromatic carbocycles. The van der Waals surface area contributed by atoms with Crippen LogP contribution in [0.2, 0.25) is 0 Å². The summed E-state index contributed by atoms with van der Waals surface area (Å²) >= 11 is 0. The summed E-state index contributed by atoms with van der Waals surface area (Å²) in [5.41, 5.74) is -0.675. The van der Waals surface area contributed by atoms with Crippen molar-refractivity contribution in [2.45, 2.75) is 25.9 Å². The van der Waals surface area contributed by atoms with Crippen molar-refractivity contribution in [1.29, 1.82) is 0 Å². The van der Waals surface area contributed by atoms with E-state index in [-0.39, 0.29) is 11.6 Å². The van der Waals surface area contributed by atoms with E-state index in [4.69, 9.17) is 0 Å². The second kappa shape index (κ2) is 7.51. The predicted octanol–water partition coefficient (Wildman–Crippen LogP) is 5.63. The summed E-state index contributed by atoms with van der Waals surface area (Å²) in [6, 6.07) is 8.95. The van der Waals surface area contributed by atoms with Crippen molar-refractivity contribution in [3.8, 4) is 0 Å². The number of hydrogen-bond donors (Lipinski definition) is 0. The molecule has 0 aliphatic carbocycles. The van der Waals surface area contributed by atoms with Crippen LogP contribution in [0.1, 0.15) is 46.8 Å². The summed E-state index contributed by atoms with van der Waals surface area (Å²) in [7, 11) is 0. The van der Waals surface area contributed by atoms with Gasteiger partial charge in [-0.25, -0.2) is 0 Å². The lowest BCUT2D eigenvalue weighted by Crippen LogP contribution is -2.11. The topological polar surface area (TPSA) is 60.2 Å². The van der Waals surface area contributed by atoms with E-state index in [0.717, 1.165) is 18.2 Å². The van der Waals surface area contributed by atoms with Gasteiger partial charge in [-0.05, 0) is 23.6 Å². The monoisotopic (exact) mass is 363 g/mol. The van der Waals surface area contributed by atoms with Gasteiger partial charge in [0.1, 0.15) is 0 Å². The summed E-state index contributed by atoms with van der Waals surface area (Å²) in [5, 5.41) is 11.2. The molecule has 0 heterocycles. The van der Waals surface area contributed by atoms with Crippen LogP contribution in [0.4, 0.5) is 18.9 Å². The van der Waals surface area contributed by atoms with Crippen molar-refractivity contribution in [2.24, 2.45) is 0 Å². The molecule has 0 N–H and O–H groups in total. The molecule has 0 aliphatic heterocycles. The van der Waals surface area contributed by atoms with E-state index in [9.17, 15) is 28.1 Å². The lowest BCUT2D eigenvalue weighted by Gasteiger charge is -2.10. The highest BCUT2D eigenvalue weighted by molar-refractivity contribution is 6.07. The van der Waals surface area contributed by atoms with Crippen molar-refractivity contribution in [3.63, 3.8) is 0 Å². The number of hydrogen-bond acceptors (Lipinski definition) is 3. The highest BCUT2D eigenvalue weighted by atomic mass is 19.4. The molecule has 0 saturated heterocycles. The molecule has 4 nitrogen and oxygen atoms in total. The Kier molecular flexibility index (Phi) is 5.59. The van der Waals surface area contributed by atoms with E-state index in [1.807, 2.05) is 13.8 Å². The SMILES string of the molecule is CC(C)c1ccc(/C=C/C(=O)c2ccccc2C(F)(F)F)cc1[N+](=O)[O-]. The van der Waals surface area contributed by atoms with Crippen LogP contribution in [-0.2, 0) is 6.18 Å². The van der Waals surface area contributed by atoms with Crippen LogP contribution in [0.3, 0.4) is 0 Å². The number of alkyl halides is 3. The quantitative estimate of drug-likeness (QED) is 0.299. The number of halogens is 3. The highest BCUT2D eigenvalue weighted by Crippen LogP contribution is 2.32. The molecule has 0 atom stereocenters. The minimum Gasteiger partial charge on any atom is -0.289 e. The molecule has 2 aromatic rings. The second-order valence-corrected chi connectivity index (χ2v) is 5.97. The first-order chi connectivity index (χ1) is 12.1. The molecule has 7 heteroatoms. The Hall–Kier alpha value is -2.96. The fraction of sp³-hybridized carbons (Fsp3) is 0.211. The van der Waals surface area contributed by atoms with Gasteiger partial charge in [0, 0.05) is 17.2 Å². The summed E-state index contributed by atoms with van der Waals surface area (Å²) in [6.07, 6.45) is -2.39. The first-order valence-corrected chi connectivity index (χ1v) is 7.78. The molecule has 0 unspecified atom stereocenters. The molecule has 26 heavy (non-hydrogen) atoms. The van der Waals surface area contributed by atoms with Gasteiger partial charge in [-0.1, -0.05) is 50.3 Å². The molecule has 0 aliphatic rings. The van der Waals surface area contributed by atoms with Gasteiger partial charge in [-0.3, -0.25) is 14.9 Å². The van der Waals surface area contributed by atoms with Gasteiger partial charge >= 0.3 is 6.18 Å². The van der Waals surface area contributed by atoms with Gasteiger partial charge in [-0.2, -0.15) is 13.2 Å². The Balaban J connectivity index is 2.35. The van der Waals surface area contributed by atoms with Gasteiger partial charge in [0.2, 0.25) is 0 Å². The number of nitro benzene ring substituents is 1. The lowest BCUT2D eigenvalue weighted by atomic mass is 9.98. The molecule has 0 radical (unpaired) electrons. The molecular weight excluding hydrogens is 347 g/mol. The smallest absolute Gasteiger partial charge is 0.289 e. The average molecular weight is 363 g/mol. The minimum absolute atomic E-state index is 0.0614. The largest absolute Gasteiger partial charge is 0.417 e. The molecule has 136 valence electrons. The minimum atomic E-state index is -4.64. The standard InChI is InChI=1S/C19H16F3NO3/c1-12(2)14-9-7-13(11-17(14)23(25)26)8-10-18(24)15-5-3-4-6-16(15)19(20,21)22/h3-12H,1-2H3/b10-8+. The average Bonchev–Trinajstić information content (AvgIpc) is 2.58. The molecule has 2 rings (SSSR count). The van der Waals surface area contributed by atoms with Crippen LogP contribution in [0.25, 0.3) is 6.08 Å². The van der Waals surface area contributed by atoms with E-state index in [1.165, 1.54) is 24.3 Å². The van der Waals surface area contributed by atoms with Crippen molar-refractivity contribution in [2.75, 3.05) is 0 Å². The second-order valence-electron chi connectivity index (χ2n) is 5.97. The van der Waals surface area contributed by atoms with E-state index in [0.29, 0.717) is 11.1 Å². The van der Waals surface area contributed by atoms with E-state index in [1.54, 1.807) is 12.1 Å². The van der Waals surface area contributed by atoms with Crippen molar-refractivity contribution < 1.29 is 22.9 Å². The van der Waals surface area contributed by atoms with Crippen LogP contribution in [0, 0.1) is 10.1 Å². The maximum atomic E-state index is 13.0. The number of nitro groups is 1. The summed E-state index contributed by atoms with van der Waals surface area (Å²) in [5.74, 6) is -0.887. The van der Waals surface area contributed by atoms with Crippen molar-refractivity contribution >= 4 is 17.5 Å². The van der Waals surface area contributed by atoms with Crippen molar-refractivity contribution in [3.05, 3.63) is 80.9 Å². The van der Waals surface area contributed by atoms with Gasteiger partial charge in [0.25, 0.3) is 5.69 Å². The van der Waals surface area contributed by atoms with Gasteiger partial charge in [0.15, 0.2) is 5.78 Å². The lowest BCUT2D eigenvalue weighted by molar-refractivity contribution is -0.385. The molecule has 0 saturated carbocycles. The number of ketones is 1. The fourth-order valence-electron chi connectivity index (χ4n) is 2.52. The third kappa shape index (κ3) is 4.36. The van der Waals surface area contributed by atoms with E-state index >= 15 is 0 Å². The number of nitrogens with zero attached hydrogens (tertiary/aromatic N) is 1. The van der Waals surface area contributed by atoms with Gasteiger partial charge in [0.05, 0.1) is 10.5 Å². The molecule has 0 fully saturated rings. The number of benzene rings is 2. The maximum absolute atomic E-state index is 13.0. The number of allylic oxidation sites excluding steroid dienone is 1. The number of rotatable bonds is 5. The molecule has 0 amide bonds. The normalized spacial score (nSPS) is 11.9. The summed E-state index contributed by atoms with van der Waals surface area (Å²) in [6.45, 7) is 3.63. The number of carbonyl (C=O) groups excluding carboxylic acids is 1. The van der Waals surface area contributed by atoms with Crippen LogP contribution < -0.4 is 0 Å². The zero-order valence-electron chi connectivity index (χ0n) is 14.1. The Bertz CT molecular complexity index is 871. The summed E-state index contributed by atoms with van der Waals surface area (Å²) in [4.78, 5) is 22.8. The zero-order chi connectivity index (χ0) is 19.5. The Morgan fingerprint density at radius 2 is 1.81 bits per heavy atom. The third-order valence-corrected chi connectivity index (χ3v) is 3.80. The Morgan fingerprint density at radius 1 is 1.15 bits per heavy atom. The maximum Gasteiger partial charge on any atom is 0.417 e. The van der Waals surface area contributed by atoms with E-state index in [2.05, 4.69) is 0 Å². The van der Waals surface area contributed by atoms with Crippen LogP contribution in [-0.4, -0.2) is 10.7 Å². The highest BCUT2D eigenvalue weighted by Gasteiger charge is 2.34. The van der Waals surface area contributed by atoms with Crippen LogP contribution in [0.15, 0.2) is 48.5 Å². The first kappa shape index (κ1) is 19.4. The van der Waals surface area contributed by atoms with Crippen LogP contribution >= 0.6 is 0 Å². The fourth-order valence-corrected chi connectivity index (χ4v) is 2.52. The third-order valence-electron chi connectivity index (χ3n) is 3.80. The molecule has 0 aromatic heterocycles. The summed E-state index contributed by atoms with van der Waals surface area (Å²) < 4.78 is 38.9. The molecular formula is C19H16F3NO3. The molecule has 0 spiro atoms. The Labute approximate surface area is 148 Å². The zero-order valence-corrected chi connectivity index (χ0v) is 14.1. The Morgan fingerprint density at radius 3 is 2.38 bits per heavy atom. The van der Waals surface area contributed by atoms with E-state index < -0.39 is 28.0 Å². The van der Waals surface area contributed by atoms with Gasteiger partial charge < -0.3 is 0 Å². The number of carbonyl (C=O) groups is 1.